The third-order valence-corrected chi connectivity index (χ3v) is 7.66. The Morgan fingerprint density at radius 2 is 1.95 bits per heavy atom. The Kier molecular flexibility index (Phi) is 9.01. The van der Waals surface area contributed by atoms with Gasteiger partial charge in [-0.3, -0.25) is 23.7 Å². The van der Waals surface area contributed by atoms with Crippen LogP contribution < -0.4 is 20.9 Å². The number of H-pyrrole nitrogens is 1. The molecule has 2 aromatic heterocycles. The molecule has 0 amide bonds. The molecule has 1 fully saturated rings. The monoisotopic (exact) mass is 578 g/mol. The topological polar surface area (TPSA) is 189 Å². The van der Waals surface area contributed by atoms with Gasteiger partial charge in [0.25, 0.3) is 5.56 Å². The molecule has 4 rings (SSSR count). The molecule has 0 bridgehead atoms. The van der Waals surface area contributed by atoms with Gasteiger partial charge in [0, 0.05) is 18.2 Å². The number of aromatic amines is 1. The molecule has 6 atom stereocenters. The van der Waals surface area contributed by atoms with Crippen molar-refractivity contribution in [3.05, 3.63) is 70.0 Å². The number of benzene rings is 1. The zero-order chi connectivity index (χ0) is 29.0. The van der Waals surface area contributed by atoms with Crippen molar-refractivity contribution in [1.82, 2.24) is 29.4 Å². The number of hydrogen-bond acceptors (Lipinski definition) is 11. The van der Waals surface area contributed by atoms with Crippen LogP contribution in [0.15, 0.2) is 58.8 Å². The lowest BCUT2D eigenvalue weighted by Gasteiger charge is -2.25. The maximum absolute atomic E-state index is 13.9. The Balaban J connectivity index is 1.51. The molecular formula is C24H31N6O9P. The third kappa shape index (κ3) is 6.92. The predicted molar refractivity (Wildman–Crippen MR) is 140 cm³/mol. The number of aliphatic hydroxyl groups excluding tert-OH is 1. The van der Waals surface area contributed by atoms with Gasteiger partial charge in [0.1, 0.15) is 36.8 Å². The van der Waals surface area contributed by atoms with Crippen molar-refractivity contribution in [3.8, 4) is 11.4 Å². The van der Waals surface area contributed by atoms with Gasteiger partial charge in [-0.2, -0.15) is 10.2 Å². The minimum atomic E-state index is -4.27. The summed E-state index contributed by atoms with van der Waals surface area (Å²) in [5.41, 5.74) is -0.612. The van der Waals surface area contributed by atoms with E-state index in [2.05, 4.69) is 20.2 Å². The summed E-state index contributed by atoms with van der Waals surface area (Å²) in [6.07, 6.45) is 0.679. The molecule has 15 nitrogen and oxygen atoms in total. The quantitative estimate of drug-likeness (QED) is 0.218. The van der Waals surface area contributed by atoms with E-state index in [0.29, 0.717) is 5.69 Å². The number of rotatable bonds is 11. The average Bonchev–Trinajstić information content (AvgIpc) is 3.52. The zero-order valence-corrected chi connectivity index (χ0v) is 23.1. The molecular weight excluding hydrogens is 547 g/mol. The van der Waals surface area contributed by atoms with Crippen molar-refractivity contribution >= 4 is 13.7 Å². The lowest BCUT2D eigenvalue weighted by Crippen LogP contribution is -2.37. The highest BCUT2D eigenvalue weighted by molar-refractivity contribution is 7.52. The number of carbonyl (C=O) groups excluding carboxylic acids is 1. The normalized spacial score (nSPS) is 23.1. The van der Waals surface area contributed by atoms with Gasteiger partial charge in [0.2, 0.25) is 0 Å². The van der Waals surface area contributed by atoms with Crippen molar-refractivity contribution in [1.29, 1.82) is 0 Å². The second kappa shape index (κ2) is 12.3. The van der Waals surface area contributed by atoms with E-state index in [1.807, 2.05) is 0 Å². The van der Waals surface area contributed by atoms with E-state index in [4.69, 9.17) is 18.5 Å². The number of carbonyl (C=O) groups is 1. The molecule has 1 aromatic carbocycles. The van der Waals surface area contributed by atoms with Gasteiger partial charge in [-0.05, 0) is 45.0 Å². The Bertz CT molecular complexity index is 1460. The molecule has 3 heterocycles. The Labute approximate surface area is 228 Å². The van der Waals surface area contributed by atoms with Crippen LogP contribution in [-0.4, -0.2) is 66.4 Å². The van der Waals surface area contributed by atoms with Crippen molar-refractivity contribution in [2.24, 2.45) is 5.92 Å². The molecule has 1 saturated heterocycles. The number of nitrogens with zero attached hydrogens (tertiary/aromatic N) is 4. The highest BCUT2D eigenvalue weighted by atomic mass is 31.2. The SMILES string of the molecule is CC(C)OC(=O)[C@H](C)NP(=O)(OC[C@H]1O[C@@H](n2ccc(=O)[nH]c2=O)[C@@H](C)[C@@H]1O)Oc1ccc(-n2cncn2)cc1. The van der Waals surface area contributed by atoms with E-state index in [1.165, 1.54) is 42.6 Å². The third-order valence-electron chi connectivity index (χ3n) is 6.02. The van der Waals surface area contributed by atoms with Crippen molar-refractivity contribution in [2.75, 3.05) is 6.61 Å². The molecule has 3 aromatic rings. The van der Waals surface area contributed by atoms with E-state index in [1.54, 1.807) is 32.9 Å². The first kappa shape index (κ1) is 29.4. The van der Waals surface area contributed by atoms with Crippen LogP contribution in [0.4, 0.5) is 0 Å². The fraction of sp³-hybridized carbons (Fsp3) is 0.458. The minimum Gasteiger partial charge on any atom is -0.462 e. The smallest absolute Gasteiger partial charge is 0.459 e. The van der Waals surface area contributed by atoms with Gasteiger partial charge in [0.05, 0.1) is 24.5 Å². The van der Waals surface area contributed by atoms with E-state index in [0.717, 1.165) is 10.6 Å². The standard InChI is InChI=1S/C24H31N6O9P/c1-14(2)37-23(33)16(4)28-40(35,39-18-7-5-17(6-8-18)30-13-25-12-26-30)36-11-19-21(32)15(3)22(38-19)29-10-9-20(31)27-24(29)34/h5-10,12-16,19,21-22,32H,11H2,1-4H3,(H,28,35)(H,27,31,34)/t15-,16-,19+,21-,22+,40?/m0/s1. The van der Waals surface area contributed by atoms with E-state index >= 15 is 0 Å². The zero-order valence-electron chi connectivity index (χ0n) is 22.2. The van der Waals surface area contributed by atoms with Crippen LogP contribution in [0.3, 0.4) is 0 Å². The number of aliphatic hydroxyl groups is 1. The Morgan fingerprint density at radius 3 is 2.58 bits per heavy atom. The highest BCUT2D eigenvalue weighted by Gasteiger charge is 2.44. The van der Waals surface area contributed by atoms with Crippen LogP contribution in [0.5, 0.6) is 5.75 Å². The van der Waals surface area contributed by atoms with Gasteiger partial charge >= 0.3 is 19.4 Å². The molecule has 0 radical (unpaired) electrons. The van der Waals surface area contributed by atoms with Gasteiger partial charge in [-0.1, -0.05) is 6.92 Å². The van der Waals surface area contributed by atoms with E-state index < -0.39 is 68.1 Å². The number of hydrogen-bond donors (Lipinski definition) is 3. The summed E-state index contributed by atoms with van der Waals surface area (Å²) in [7, 11) is -4.27. The lowest BCUT2D eigenvalue weighted by atomic mass is 10.0. The van der Waals surface area contributed by atoms with Gasteiger partial charge in [-0.25, -0.2) is 19.0 Å². The summed E-state index contributed by atoms with van der Waals surface area (Å²) in [5, 5.41) is 17.4. The summed E-state index contributed by atoms with van der Waals surface area (Å²) in [6.45, 7) is 6.03. The van der Waals surface area contributed by atoms with Gasteiger partial charge in [-0.15, -0.1) is 0 Å². The fourth-order valence-electron chi connectivity index (χ4n) is 4.00. The minimum absolute atomic E-state index is 0.156. The van der Waals surface area contributed by atoms with Crippen LogP contribution in [-0.2, 0) is 23.4 Å². The maximum Gasteiger partial charge on any atom is 0.459 e. The van der Waals surface area contributed by atoms with Gasteiger partial charge in [0.15, 0.2) is 0 Å². The fourth-order valence-corrected chi connectivity index (χ4v) is 5.50. The number of aromatic nitrogens is 5. The second-order valence-electron chi connectivity index (χ2n) is 9.49. The van der Waals surface area contributed by atoms with Crippen LogP contribution in [0, 0.1) is 5.92 Å². The number of nitrogens with one attached hydrogen (secondary N) is 2. The first-order chi connectivity index (χ1) is 19.0. The Hall–Kier alpha value is -3.62. The first-order valence-corrected chi connectivity index (χ1v) is 14.0. The summed E-state index contributed by atoms with van der Waals surface area (Å²) < 4.78 is 38.9. The van der Waals surface area contributed by atoms with Crippen molar-refractivity contribution in [3.63, 3.8) is 0 Å². The van der Waals surface area contributed by atoms with Gasteiger partial charge < -0.3 is 19.1 Å². The molecule has 1 unspecified atom stereocenters. The van der Waals surface area contributed by atoms with Crippen LogP contribution >= 0.6 is 7.75 Å². The number of ether oxygens (including phenoxy) is 2. The van der Waals surface area contributed by atoms with Crippen LogP contribution in [0.1, 0.15) is 33.9 Å². The van der Waals surface area contributed by atoms with E-state index in [-0.39, 0.29) is 5.75 Å². The highest BCUT2D eigenvalue weighted by Crippen LogP contribution is 2.46. The molecule has 40 heavy (non-hydrogen) atoms. The molecule has 1 aliphatic heterocycles. The molecule has 3 N–H and O–H groups in total. The largest absolute Gasteiger partial charge is 0.462 e. The second-order valence-corrected chi connectivity index (χ2v) is 11.2. The van der Waals surface area contributed by atoms with Crippen molar-refractivity contribution in [2.45, 2.75) is 58.3 Å². The molecule has 1 aliphatic rings. The summed E-state index contributed by atoms with van der Waals surface area (Å²) >= 11 is 0. The van der Waals surface area contributed by atoms with Crippen molar-refractivity contribution < 1.29 is 33.0 Å². The van der Waals surface area contributed by atoms with Crippen LogP contribution in [0.25, 0.3) is 5.69 Å². The molecule has 0 saturated carbocycles. The molecule has 216 valence electrons. The predicted octanol–water partition coefficient (Wildman–Crippen LogP) is 1.15. The maximum atomic E-state index is 13.9. The van der Waals surface area contributed by atoms with E-state index in [9.17, 15) is 24.1 Å². The lowest BCUT2D eigenvalue weighted by molar-refractivity contribution is -0.149. The summed E-state index contributed by atoms with van der Waals surface area (Å²) in [4.78, 5) is 42.1. The average molecular weight is 579 g/mol. The number of esters is 1. The summed E-state index contributed by atoms with van der Waals surface area (Å²) in [5.74, 6) is -1.11. The van der Waals surface area contributed by atoms with Crippen LogP contribution in [0.2, 0.25) is 0 Å². The summed E-state index contributed by atoms with van der Waals surface area (Å²) in [6, 6.07) is 6.46. The molecule has 0 spiro atoms. The first-order valence-electron chi connectivity index (χ1n) is 12.5. The molecule has 0 aliphatic carbocycles. The molecule has 16 heteroatoms. The Morgan fingerprint density at radius 1 is 1.23 bits per heavy atom.